The highest BCUT2D eigenvalue weighted by Gasteiger charge is 2.22. The molecule has 1 aliphatic heterocycles. The lowest BCUT2D eigenvalue weighted by molar-refractivity contribution is 0.360. The van der Waals surface area contributed by atoms with Crippen LogP contribution in [0.4, 0.5) is 0 Å². The molecule has 2 aromatic heterocycles. The minimum Gasteiger partial charge on any atom is -0.449 e. The summed E-state index contributed by atoms with van der Waals surface area (Å²) < 4.78 is 15.0. The van der Waals surface area contributed by atoms with E-state index in [1.807, 2.05) is 72.9 Å². The fraction of sp³-hybridized carbons (Fsp3) is 0. The SMILES string of the molecule is c1ccc(-c2ncc(-n3c4ccccc4c4cc(-c5ccc6c(c5)Oc5cc7ccccc7cc5O6)ccc43)c(-c3ccccc3)n2)cc1. The van der Waals surface area contributed by atoms with Crippen LogP contribution in [-0.4, -0.2) is 14.5 Å². The molecule has 5 nitrogen and oxygen atoms in total. The lowest BCUT2D eigenvalue weighted by atomic mass is 10.0. The maximum Gasteiger partial charge on any atom is 0.170 e. The number of fused-ring (bicyclic) bond motifs is 6. The number of para-hydroxylation sites is 1. The molecule has 0 bridgehead atoms. The van der Waals surface area contributed by atoms with Gasteiger partial charge in [0.1, 0.15) is 0 Å². The summed E-state index contributed by atoms with van der Waals surface area (Å²) in [7, 11) is 0. The van der Waals surface area contributed by atoms with E-state index in [1.165, 1.54) is 0 Å². The van der Waals surface area contributed by atoms with Crippen molar-refractivity contribution in [1.82, 2.24) is 14.5 Å². The van der Waals surface area contributed by atoms with E-state index in [0.29, 0.717) is 17.3 Å². The molecule has 0 spiro atoms. The number of nitrogens with zero attached hydrogens (tertiary/aromatic N) is 3. The first-order valence-electron chi connectivity index (χ1n) is 16.3. The van der Waals surface area contributed by atoms with Gasteiger partial charge in [-0.15, -0.1) is 0 Å². The lowest BCUT2D eigenvalue weighted by Gasteiger charge is -2.22. The van der Waals surface area contributed by atoms with Crippen LogP contribution in [-0.2, 0) is 0 Å². The number of ether oxygens (including phenoxy) is 2. The summed E-state index contributed by atoms with van der Waals surface area (Å²) in [6.07, 6.45) is 1.96. The van der Waals surface area contributed by atoms with E-state index in [0.717, 1.165) is 77.7 Å². The van der Waals surface area contributed by atoms with Crippen molar-refractivity contribution in [2.45, 2.75) is 0 Å². The molecule has 0 saturated heterocycles. The second-order valence-electron chi connectivity index (χ2n) is 12.3. The predicted molar refractivity (Wildman–Crippen MR) is 197 cm³/mol. The maximum absolute atomic E-state index is 6.42. The van der Waals surface area contributed by atoms with E-state index >= 15 is 0 Å². The predicted octanol–water partition coefficient (Wildman–Crippen LogP) is 11.6. The summed E-state index contributed by atoms with van der Waals surface area (Å²) >= 11 is 0. The van der Waals surface area contributed by atoms with Crippen LogP contribution in [0.3, 0.4) is 0 Å². The highest BCUT2D eigenvalue weighted by atomic mass is 16.6. The van der Waals surface area contributed by atoms with Gasteiger partial charge in [-0.2, -0.15) is 0 Å². The van der Waals surface area contributed by atoms with Crippen LogP contribution in [0.25, 0.3) is 72.0 Å². The van der Waals surface area contributed by atoms with E-state index in [2.05, 4.69) is 95.6 Å². The molecular weight excluding hydrogens is 603 g/mol. The number of hydrogen-bond donors (Lipinski definition) is 0. The number of rotatable bonds is 4. The van der Waals surface area contributed by atoms with E-state index in [4.69, 9.17) is 19.4 Å². The zero-order valence-corrected chi connectivity index (χ0v) is 26.2. The van der Waals surface area contributed by atoms with Crippen LogP contribution in [0.5, 0.6) is 23.0 Å². The van der Waals surface area contributed by atoms with Gasteiger partial charge in [-0.3, -0.25) is 0 Å². The van der Waals surface area contributed by atoms with Gasteiger partial charge < -0.3 is 14.0 Å². The molecule has 0 atom stereocenters. The second-order valence-corrected chi connectivity index (χ2v) is 12.3. The number of benzene rings is 7. The van der Waals surface area contributed by atoms with Crippen LogP contribution in [0.15, 0.2) is 164 Å². The van der Waals surface area contributed by atoms with E-state index in [1.54, 1.807) is 0 Å². The molecule has 0 radical (unpaired) electrons. The van der Waals surface area contributed by atoms with Gasteiger partial charge in [0.15, 0.2) is 28.8 Å². The Bertz CT molecular complexity index is 2720. The van der Waals surface area contributed by atoms with Crippen molar-refractivity contribution in [3.05, 3.63) is 164 Å². The zero-order valence-electron chi connectivity index (χ0n) is 26.2. The summed E-state index contributed by atoms with van der Waals surface area (Å²) in [4.78, 5) is 10.0. The molecule has 9 aromatic rings. The quantitative estimate of drug-likeness (QED) is 0.194. The first-order valence-corrected chi connectivity index (χ1v) is 16.3. The van der Waals surface area contributed by atoms with Crippen molar-refractivity contribution in [2.24, 2.45) is 0 Å². The van der Waals surface area contributed by atoms with Gasteiger partial charge in [-0.1, -0.05) is 115 Å². The molecule has 1 aliphatic rings. The van der Waals surface area contributed by atoms with Gasteiger partial charge in [0.25, 0.3) is 0 Å². The van der Waals surface area contributed by atoms with Crippen LogP contribution in [0, 0.1) is 0 Å². The van der Waals surface area contributed by atoms with Crippen molar-refractivity contribution in [1.29, 1.82) is 0 Å². The van der Waals surface area contributed by atoms with E-state index in [-0.39, 0.29) is 0 Å². The topological polar surface area (TPSA) is 49.2 Å². The maximum atomic E-state index is 6.42. The molecule has 49 heavy (non-hydrogen) atoms. The Balaban J connectivity index is 1.11. The fourth-order valence-electron chi connectivity index (χ4n) is 6.93. The molecule has 7 aromatic carbocycles. The Morgan fingerprint density at radius 2 is 1.02 bits per heavy atom. The average Bonchev–Trinajstić information content (AvgIpc) is 3.50. The van der Waals surface area contributed by atoms with Crippen LogP contribution in [0.2, 0.25) is 0 Å². The average molecular weight is 630 g/mol. The normalized spacial score (nSPS) is 12.0. The van der Waals surface area contributed by atoms with Crippen molar-refractivity contribution in [3.8, 4) is 62.5 Å². The third kappa shape index (κ3) is 4.55. The molecule has 230 valence electrons. The van der Waals surface area contributed by atoms with E-state index < -0.39 is 0 Å². The lowest BCUT2D eigenvalue weighted by Crippen LogP contribution is -2.02. The molecule has 0 unspecified atom stereocenters. The molecular formula is C44H27N3O2. The monoisotopic (exact) mass is 629 g/mol. The second kappa shape index (κ2) is 10.9. The van der Waals surface area contributed by atoms with Gasteiger partial charge in [0.05, 0.1) is 28.6 Å². The Hall–Kier alpha value is -6.72. The largest absolute Gasteiger partial charge is 0.449 e. The molecule has 3 heterocycles. The summed E-state index contributed by atoms with van der Waals surface area (Å²) in [5, 5.41) is 4.53. The van der Waals surface area contributed by atoms with Gasteiger partial charge in [0.2, 0.25) is 0 Å². The molecule has 0 aliphatic carbocycles. The first-order chi connectivity index (χ1) is 24.3. The molecule has 0 N–H and O–H groups in total. The number of aromatic nitrogens is 3. The van der Waals surface area contributed by atoms with Gasteiger partial charge in [-0.25, -0.2) is 9.97 Å². The molecule has 5 heteroatoms. The Labute approximate surface area is 282 Å². The Morgan fingerprint density at radius 1 is 0.429 bits per heavy atom. The van der Waals surface area contributed by atoms with Crippen LogP contribution in [0.1, 0.15) is 0 Å². The van der Waals surface area contributed by atoms with Gasteiger partial charge in [0, 0.05) is 21.9 Å². The van der Waals surface area contributed by atoms with Gasteiger partial charge >= 0.3 is 0 Å². The molecule has 0 saturated carbocycles. The first kappa shape index (κ1) is 27.4. The van der Waals surface area contributed by atoms with Crippen molar-refractivity contribution >= 4 is 32.6 Å². The van der Waals surface area contributed by atoms with E-state index in [9.17, 15) is 0 Å². The van der Waals surface area contributed by atoms with Gasteiger partial charge in [-0.05, 0) is 64.4 Å². The minimum atomic E-state index is 0.695. The Morgan fingerprint density at radius 3 is 1.80 bits per heavy atom. The summed E-state index contributed by atoms with van der Waals surface area (Å²) in [5.41, 5.74) is 8.12. The smallest absolute Gasteiger partial charge is 0.170 e. The number of hydrogen-bond acceptors (Lipinski definition) is 4. The van der Waals surface area contributed by atoms with Crippen molar-refractivity contribution < 1.29 is 9.47 Å². The zero-order chi connectivity index (χ0) is 32.3. The standard InChI is InChI=1S/C44H27N3O2/c1-3-11-28(12-4-1)43-38(27-45-44(46-43)29-13-5-2-6-14-29)47-36-18-10-9-17-34(36)35-23-32(19-21-37(35)47)33-20-22-39-40(26-33)49-42-25-31-16-8-7-15-30(31)24-41(42)48-39/h1-27H. The third-order valence-electron chi connectivity index (χ3n) is 9.29. The highest BCUT2D eigenvalue weighted by molar-refractivity contribution is 6.11. The summed E-state index contributed by atoms with van der Waals surface area (Å²) in [6, 6.07) is 54.1. The fourth-order valence-corrected chi connectivity index (χ4v) is 6.93. The molecule has 0 amide bonds. The van der Waals surface area contributed by atoms with Crippen LogP contribution >= 0.6 is 0 Å². The highest BCUT2D eigenvalue weighted by Crippen LogP contribution is 2.48. The third-order valence-corrected chi connectivity index (χ3v) is 9.29. The summed E-state index contributed by atoms with van der Waals surface area (Å²) in [6.45, 7) is 0. The molecule has 10 rings (SSSR count). The van der Waals surface area contributed by atoms with Crippen molar-refractivity contribution in [3.63, 3.8) is 0 Å². The Kier molecular flexibility index (Phi) is 6.11. The van der Waals surface area contributed by atoms with Crippen LogP contribution < -0.4 is 9.47 Å². The minimum absolute atomic E-state index is 0.695. The van der Waals surface area contributed by atoms with Crippen molar-refractivity contribution in [2.75, 3.05) is 0 Å². The molecule has 0 fully saturated rings. The summed E-state index contributed by atoms with van der Waals surface area (Å²) in [5.74, 6) is 3.55.